The van der Waals surface area contributed by atoms with Gasteiger partial charge in [0.15, 0.2) is 0 Å². The minimum atomic E-state index is -1.82. The summed E-state index contributed by atoms with van der Waals surface area (Å²) in [7, 11) is 0. The number of nitrogens with zero attached hydrogens (tertiary/aromatic N) is 3. The van der Waals surface area contributed by atoms with Gasteiger partial charge in [-0.2, -0.15) is 4.37 Å². The van der Waals surface area contributed by atoms with Crippen molar-refractivity contribution in [2.75, 3.05) is 19.6 Å². The molecule has 1 aromatic heterocycles. The summed E-state index contributed by atoms with van der Waals surface area (Å²) in [6.07, 6.45) is 3.55. The number of fused-ring (bicyclic) bond motifs is 3. The van der Waals surface area contributed by atoms with Gasteiger partial charge in [0.2, 0.25) is 0 Å². The lowest BCUT2D eigenvalue weighted by molar-refractivity contribution is -0.159. The largest absolute Gasteiger partial charge is 0.473 e. The maximum Gasteiger partial charge on any atom is 0.414 e. The van der Waals surface area contributed by atoms with E-state index in [4.69, 9.17) is 24.8 Å². The van der Waals surface area contributed by atoms with Gasteiger partial charge in [-0.25, -0.2) is 14.6 Å². The summed E-state index contributed by atoms with van der Waals surface area (Å²) in [5.74, 6) is -1.17. The van der Waals surface area contributed by atoms with Gasteiger partial charge in [-0.15, -0.1) is 0 Å². The molecule has 2 N–H and O–H groups in total. The lowest BCUT2D eigenvalue weighted by Gasteiger charge is -2.43. The van der Waals surface area contributed by atoms with Gasteiger partial charge in [0.05, 0.1) is 0 Å². The van der Waals surface area contributed by atoms with Crippen LogP contribution in [0, 0.1) is 5.92 Å². The molecular formula is C18H21N3O4S. The Kier molecular flexibility index (Phi) is 5.95. The lowest BCUT2D eigenvalue weighted by Crippen LogP contribution is -2.46. The zero-order valence-corrected chi connectivity index (χ0v) is 15.1. The quantitative estimate of drug-likeness (QED) is 0.792. The van der Waals surface area contributed by atoms with Crippen LogP contribution in [0.4, 0.5) is 0 Å². The molecule has 0 radical (unpaired) electrons. The molecule has 2 aromatic rings. The molecule has 0 amide bonds. The first-order valence-corrected chi connectivity index (χ1v) is 9.35. The van der Waals surface area contributed by atoms with Crippen LogP contribution >= 0.6 is 11.5 Å². The Morgan fingerprint density at radius 3 is 2.31 bits per heavy atom. The van der Waals surface area contributed by atoms with Crippen LogP contribution in [0.5, 0.6) is 0 Å². The number of carbonyl (C=O) groups is 2. The summed E-state index contributed by atoms with van der Waals surface area (Å²) >= 11 is 1.63. The Hall–Kier alpha value is -2.32. The average molecular weight is 375 g/mol. The van der Waals surface area contributed by atoms with Crippen LogP contribution < -0.4 is 0 Å². The summed E-state index contributed by atoms with van der Waals surface area (Å²) in [4.78, 5) is 25.6. The van der Waals surface area contributed by atoms with Gasteiger partial charge in [0, 0.05) is 18.9 Å². The lowest BCUT2D eigenvalue weighted by atomic mass is 9.79. The van der Waals surface area contributed by atoms with Gasteiger partial charge < -0.3 is 15.1 Å². The molecule has 0 spiro atoms. The number of hydrogen-bond acceptors (Lipinski definition) is 6. The number of hydrogen-bond donors (Lipinski definition) is 2. The van der Waals surface area contributed by atoms with Crippen molar-refractivity contribution in [1.29, 1.82) is 0 Å². The predicted molar refractivity (Wildman–Crippen MR) is 96.3 cm³/mol. The molecule has 4 heterocycles. The molecule has 0 aliphatic carbocycles. The third-order valence-corrected chi connectivity index (χ3v) is 5.73. The van der Waals surface area contributed by atoms with Gasteiger partial charge in [-0.3, -0.25) is 0 Å². The molecule has 0 saturated carbocycles. The SMILES string of the molecule is O=C(O)C(=O)O.c1ccc(Cc2nsc(C3CN4CCC3CC4)n2)cc1. The smallest absolute Gasteiger partial charge is 0.414 e. The van der Waals surface area contributed by atoms with Gasteiger partial charge in [-0.1, -0.05) is 30.3 Å². The number of aliphatic carboxylic acids is 2. The molecule has 2 bridgehead atoms. The second-order valence-corrected chi connectivity index (χ2v) is 7.35. The van der Waals surface area contributed by atoms with Crippen LogP contribution in [0.3, 0.4) is 0 Å². The average Bonchev–Trinajstić information content (AvgIpc) is 3.12. The molecule has 3 fully saturated rings. The first-order chi connectivity index (χ1) is 12.5. The summed E-state index contributed by atoms with van der Waals surface area (Å²) < 4.78 is 4.58. The molecule has 26 heavy (non-hydrogen) atoms. The Morgan fingerprint density at radius 2 is 1.77 bits per heavy atom. The van der Waals surface area contributed by atoms with E-state index < -0.39 is 11.9 Å². The van der Waals surface area contributed by atoms with Crippen molar-refractivity contribution in [2.24, 2.45) is 5.92 Å². The van der Waals surface area contributed by atoms with Crippen molar-refractivity contribution in [3.8, 4) is 0 Å². The van der Waals surface area contributed by atoms with Crippen LogP contribution in [0.2, 0.25) is 0 Å². The van der Waals surface area contributed by atoms with Gasteiger partial charge in [0.1, 0.15) is 10.8 Å². The third kappa shape index (κ3) is 4.64. The molecule has 1 aromatic carbocycles. The van der Waals surface area contributed by atoms with Crippen molar-refractivity contribution in [3.05, 3.63) is 46.7 Å². The normalized spacial score (nSPS) is 23.8. The first kappa shape index (κ1) is 18.5. The highest BCUT2D eigenvalue weighted by molar-refractivity contribution is 7.05. The molecule has 3 aliphatic heterocycles. The second-order valence-electron chi connectivity index (χ2n) is 6.57. The zero-order valence-electron chi connectivity index (χ0n) is 14.2. The first-order valence-electron chi connectivity index (χ1n) is 8.58. The number of rotatable bonds is 3. The topological polar surface area (TPSA) is 104 Å². The van der Waals surface area contributed by atoms with Crippen LogP contribution in [-0.4, -0.2) is 56.0 Å². The Balaban J connectivity index is 0.000000286. The van der Waals surface area contributed by atoms with E-state index in [1.807, 2.05) is 0 Å². The molecular weight excluding hydrogens is 354 g/mol. The molecule has 5 rings (SSSR count). The van der Waals surface area contributed by atoms with Crippen LogP contribution in [0.25, 0.3) is 0 Å². The van der Waals surface area contributed by atoms with E-state index in [9.17, 15) is 0 Å². The minimum absolute atomic E-state index is 0.638. The van der Waals surface area contributed by atoms with Gasteiger partial charge >= 0.3 is 11.9 Å². The summed E-state index contributed by atoms with van der Waals surface area (Å²) in [5, 5.41) is 16.1. The summed E-state index contributed by atoms with van der Waals surface area (Å²) in [6, 6.07) is 10.5. The molecule has 8 heteroatoms. The van der Waals surface area contributed by atoms with Crippen molar-refractivity contribution in [2.45, 2.75) is 25.2 Å². The van der Waals surface area contributed by atoms with E-state index in [1.165, 1.54) is 43.0 Å². The number of benzene rings is 1. The molecule has 3 saturated heterocycles. The molecule has 138 valence electrons. The third-order valence-electron chi connectivity index (χ3n) is 4.85. The highest BCUT2D eigenvalue weighted by Crippen LogP contribution is 2.39. The van der Waals surface area contributed by atoms with E-state index in [0.29, 0.717) is 5.92 Å². The van der Waals surface area contributed by atoms with E-state index in [1.54, 1.807) is 11.5 Å². The van der Waals surface area contributed by atoms with Gasteiger partial charge in [0.25, 0.3) is 0 Å². The van der Waals surface area contributed by atoms with Gasteiger partial charge in [-0.05, 0) is 48.9 Å². The predicted octanol–water partition coefficient (Wildman–Crippen LogP) is 2.09. The standard InChI is InChI=1S/C16H19N3S.C2H2O4/c1-2-4-12(5-3-1)10-15-17-16(20-18-15)14-11-19-8-6-13(14)7-9-19;3-1(4)2(5)6/h1-5,13-14H,6-11H2;(H,3,4)(H,5,6). The van der Waals surface area contributed by atoms with E-state index in [-0.39, 0.29) is 0 Å². The minimum Gasteiger partial charge on any atom is -0.473 e. The van der Waals surface area contributed by atoms with E-state index in [0.717, 1.165) is 18.2 Å². The summed E-state index contributed by atoms with van der Waals surface area (Å²) in [6.45, 7) is 3.78. The number of carboxylic acids is 2. The van der Waals surface area contributed by atoms with Crippen molar-refractivity contribution < 1.29 is 19.8 Å². The fourth-order valence-electron chi connectivity index (χ4n) is 3.51. The summed E-state index contributed by atoms with van der Waals surface area (Å²) in [5.41, 5.74) is 1.30. The molecule has 1 unspecified atom stereocenters. The highest BCUT2D eigenvalue weighted by Gasteiger charge is 2.36. The zero-order chi connectivity index (χ0) is 18.5. The molecule has 7 nitrogen and oxygen atoms in total. The highest BCUT2D eigenvalue weighted by atomic mass is 32.1. The maximum atomic E-state index is 9.10. The monoisotopic (exact) mass is 375 g/mol. The Morgan fingerprint density at radius 1 is 1.12 bits per heavy atom. The van der Waals surface area contributed by atoms with Crippen LogP contribution in [0.1, 0.15) is 35.2 Å². The van der Waals surface area contributed by atoms with Crippen molar-refractivity contribution in [3.63, 3.8) is 0 Å². The number of aromatic nitrogens is 2. The molecule has 1 atom stereocenters. The van der Waals surface area contributed by atoms with E-state index >= 15 is 0 Å². The molecule has 3 aliphatic rings. The van der Waals surface area contributed by atoms with Crippen molar-refractivity contribution in [1.82, 2.24) is 14.3 Å². The number of piperidine rings is 3. The fourth-order valence-corrected chi connectivity index (χ4v) is 4.37. The Labute approximate surface area is 155 Å². The maximum absolute atomic E-state index is 9.10. The van der Waals surface area contributed by atoms with Crippen molar-refractivity contribution >= 4 is 23.5 Å². The number of carboxylic acid groups (broad SMARTS) is 2. The van der Waals surface area contributed by atoms with E-state index in [2.05, 4.69) is 39.6 Å². The fraction of sp³-hybridized carbons (Fsp3) is 0.444. The second kappa shape index (κ2) is 8.37. The van der Waals surface area contributed by atoms with Crippen LogP contribution in [-0.2, 0) is 16.0 Å². The Bertz CT molecular complexity index is 745. The van der Waals surface area contributed by atoms with Crippen LogP contribution in [0.15, 0.2) is 30.3 Å².